The molecule has 12 nitrogen and oxygen atoms in total. The number of amides is 2. The van der Waals surface area contributed by atoms with Gasteiger partial charge in [-0.05, 0) is 26.7 Å². The van der Waals surface area contributed by atoms with Crippen LogP contribution in [0, 0.1) is 0 Å². The summed E-state index contributed by atoms with van der Waals surface area (Å²) in [6, 6.07) is -1.30. The zero-order valence-corrected chi connectivity index (χ0v) is 33.0. The molecule has 0 saturated carbocycles. The molecule has 0 radical (unpaired) electrons. The quantitative estimate of drug-likeness (QED) is 0.200. The summed E-state index contributed by atoms with van der Waals surface area (Å²) in [6.07, 6.45) is 12.4. The number of aliphatic hydroxyl groups is 6. The Kier molecular flexibility index (Phi) is 39.5. The largest absolute Gasteiger partial charge is 0.394 e. The molecule has 2 saturated heterocycles. The molecule has 0 spiro atoms. The Hall–Kier alpha value is -2.42. The van der Waals surface area contributed by atoms with Gasteiger partial charge in [0.15, 0.2) is 0 Å². The Morgan fingerprint density at radius 2 is 0.820 bits per heavy atom. The van der Waals surface area contributed by atoms with E-state index in [1.165, 1.54) is 0 Å². The smallest absolute Gasteiger partial charge is 0.220 e. The molecule has 296 valence electrons. The monoisotopic (exact) mass is 719 g/mol. The molecular weight excluding hydrogens is 644 g/mol. The number of hydrogen-bond acceptors (Lipinski definition) is 10. The first-order valence-electron chi connectivity index (χ1n) is 18.5. The van der Waals surface area contributed by atoms with Gasteiger partial charge in [0.05, 0.1) is 37.5 Å². The molecule has 0 aromatic carbocycles. The first-order valence-corrected chi connectivity index (χ1v) is 18.5. The summed E-state index contributed by atoms with van der Waals surface area (Å²) in [6.45, 7) is 22.0. The second-order valence-electron chi connectivity index (χ2n) is 10.2. The van der Waals surface area contributed by atoms with Crippen LogP contribution < -0.4 is 10.6 Å². The van der Waals surface area contributed by atoms with Crippen LogP contribution >= 0.6 is 0 Å². The first kappa shape index (κ1) is 54.4. The van der Waals surface area contributed by atoms with Crippen LogP contribution in [0.5, 0.6) is 0 Å². The molecule has 12 heteroatoms. The van der Waals surface area contributed by atoms with E-state index in [0.717, 1.165) is 12.8 Å². The summed E-state index contributed by atoms with van der Waals surface area (Å²) >= 11 is 0. The van der Waals surface area contributed by atoms with E-state index in [9.17, 15) is 30.0 Å². The van der Waals surface area contributed by atoms with Gasteiger partial charge in [-0.25, -0.2) is 0 Å². The zero-order chi connectivity index (χ0) is 39.7. The number of allylic oxidation sites excluding steroid dienone is 8. The average Bonchev–Trinajstić information content (AvgIpc) is 3.96. The van der Waals surface area contributed by atoms with Gasteiger partial charge >= 0.3 is 0 Å². The van der Waals surface area contributed by atoms with E-state index in [1.54, 1.807) is 27.7 Å². The maximum atomic E-state index is 11.2. The topological polar surface area (TPSA) is 198 Å². The van der Waals surface area contributed by atoms with E-state index in [0.29, 0.717) is 12.8 Å². The normalized spacial score (nSPS) is 29.2. The van der Waals surface area contributed by atoms with Gasteiger partial charge in [-0.3, -0.25) is 9.59 Å². The molecule has 4 aliphatic rings. The maximum Gasteiger partial charge on any atom is 0.220 e. The van der Waals surface area contributed by atoms with Crippen molar-refractivity contribution in [1.82, 2.24) is 10.6 Å². The molecule has 2 amide bonds. The zero-order valence-electron chi connectivity index (χ0n) is 33.0. The highest BCUT2D eigenvalue weighted by atomic mass is 16.5. The van der Waals surface area contributed by atoms with E-state index in [1.807, 2.05) is 55.4 Å². The van der Waals surface area contributed by atoms with Crippen LogP contribution in [0.25, 0.3) is 0 Å². The Bertz CT molecular complexity index is 820. The van der Waals surface area contributed by atoms with Gasteiger partial charge in [0.1, 0.15) is 36.6 Å². The van der Waals surface area contributed by atoms with Crippen molar-refractivity contribution in [2.45, 2.75) is 170 Å². The SMILES string of the molecule is C1=CCC=C1.C1=CCC=C1.CC.CC.CC.CC.CCC(=O)NC1[C@@H](O)[C@@H](O)C(CO)O[C@@H]1C.CCC(=O)NC1[C@@H](O)[C@@H](O)C(CO)O[C@@H]1C. The van der Waals surface area contributed by atoms with Gasteiger partial charge in [-0.15, -0.1) is 0 Å². The number of aliphatic hydroxyl groups excluding tert-OH is 6. The molecular formula is C38H74N2O10. The van der Waals surface area contributed by atoms with E-state index in [2.05, 4.69) is 59.2 Å². The third-order valence-corrected chi connectivity index (χ3v) is 6.96. The third-order valence-electron chi connectivity index (χ3n) is 6.96. The third kappa shape index (κ3) is 22.4. The number of ether oxygens (including phenoxy) is 2. The molecule has 0 bridgehead atoms. The summed E-state index contributed by atoms with van der Waals surface area (Å²) in [5, 5.41) is 61.9. The standard InChI is InChI=1S/2C10H19NO5.2C5H6.4C2H6/c2*1-3-7(13)11-8-5(2)16-6(4-12)9(14)10(8)15;2*1-2-4-5-3-1;4*1-2/h2*5-6,8-10,12,14-15H,3-4H2,1-2H3,(H,11,13);2*1-4H,5H2;4*1-2H3/t2*5-,6?,8?,9+,10-;;;;;;/m11....../s1. The Labute approximate surface area is 303 Å². The summed E-state index contributed by atoms with van der Waals surface area (Å²) in [7, 11) is 0. The minimum Gasteiger partial charge on any atom is -0.394 e. The van der Waals surface area contributed by atoms with Gasteiger partial charge in [0.25, 0.3) is 0 Å². The molecule has 4 rings (SSSR count). The van der Waals surface area contributed by atoms with Crippen LogP contribution in [0.15, 0.2) is 48.6 Å². The lowest BCUT2D eigenvalue weighted by molar-refractivity contribution is -0.190. The van der Waals surface area contributed by atoms with Gasteiger partial charge in [-0.1, -0.05) is 118 Å². The van der Waals surface area contributed by atoms with Crippen molar-refractivity contribution in [3.8, 4) is 0 Å². The first-order chi connectivity index (χ1) is 24.0. The van der Waals surface area contributed by atoms with E-state index < -0.39 is 60.9 Å². The Morgan fingerprint density at radius 1 is 0.560 bits per heavy atom. The van der Waals surface area contributed by atoms with E-state index in [-0.39, 0.29) is 25.0 Å². The number of carbonyl (C=O) groups excluding carboxylic acids is 2. The molecule has 4 unspecified atom stereocenters. The van der Waals surface area contributed by atoms with Gasteiger partial charge in [0.2, 0.25) is 11.8 Å². The van der Waals surface area contributed by atoms with Crippen LogP contribution in [0.1, 0.15) is 109 Å². The summed E-state index contributed by atoms with van der Waals surface area (Å²) in [5.74, 6) is -0.428. The van der Waals surface area contributed by atoms with Crippen molar-refractivity contribution in [2.24, 2.45) is 0 Å². The number of nitrogens with one attached hydrogen (secondary N) is 2. The molecule has 50 heavy (non-hydrogen) atoms. The average molecular weight is 719 g/mol. The molecule has 10 atom stereocenters. The summed E-state index contributed by atoms with van der Waals surface area (Å²) in [4.78, 5) is 22.4. The fourth-order valence-electron chi connectivity index (χ4n) is 4.37. The molecule has 2 aliphatic carbocycles. The van der Waals surface area contributed by atoms with Crippen LogP contribution in [0.3, 0.4) is 0 Å². The predicted molar refractivity (Wildman–Crippen MR) is 202 cm³/mol. The van der Waals surface area contributed by atoms with Crippen molar-refractivity contribution in [3.05, 3.63) is 48.6 Å². The molecule has 8 N–H and O–H groups in total. The van der Waals surface area contributed by atoms with Crippen molar-refractivity contribution >= 4 is 11.8 Å². The highest BCUT2D eigenvalue weighted by Gasteiger charge is 2.43. The van der Waals surface area contributed by atoms with Crippen LogP contribution in [-0.2, 0) is 19.1 Å². The highest BCUT2D eigenvalue weighted by molar-refractivity contribution is 5.76. The second kappa shape index (κ2) is 36.4. The second-order valence-corrected chi connectivity index (χ2v) is 10.2. The molecule has 0 aromatic rings. The lowest BCUT2D eigenvalue weighted by Crippen LogP contribution is -2.63. The van der Waals surface area contributed by atoms with Gasteiger partial charge in [0, 0.05) is 12.8 Å². The molecule has 0 aromatic heterocycles. The van der Waals surface area contributed by atoms with Crippen molar-refractivity contribution in [2.75, 3.05) is 13.2 Å². The lowest BCUT2D eigenvalue weighted by atomic mass is 9.93. The number of rotatable bonds is 6. The number of carbonyl (C=O) groups is 2. The van der Waals surface area contributed by atoms with Crippen molar-refractivity contribution < 1.29 is 49.7 Å². The molecule has 2 heterocycles. The van der Waals surface area contributed by atoms with Crippen molar-refractivity contribution in [3.63, 3.8) is 0 Å². The predicted octanol–water partition coefficient (Wildman–Crippen LogP) is 3.88. The Morgan fingerprint density at radius 3 is 1.00 bits per heavy atom. The van der Waals surface area contributed by atoms with Crippen molar-refractivity contribution in [1.29, 1.82) is 0 Å². The highest BCUT2D eigenvalue weighted by Crippen LogP contribution is 2.22. The number of hydrogen-bond donors (Lipinski definition) is 8. The van der Waals surface area contributed by atoms with Gasteiger partial charge < -0.3 is 50.7 Å². The van der Waals surface area contributed by atoms with Crippen LogP contribution in [-0.4, -0.2) is 117 Å². The lowest BCUT2D eigenvalue weighted by Gasteiger charge is -2.41. The maximum absolute atomic E-state index is 11.2. The summed E-state index contributed by atoms with van der Waals surface area (Å²) in [5.41, 5.74) is 0. The minimum absolute atomic E-state index is 0.214. The molecule has 2 fully saturated rings. The Balaban J connectivity index is -0.000000287. The van der Waals surface area contributed by atoms with Crippen LogP contribution in [0.2, 0.25) is 0 Å². The fraction of sp³-hybridized carbons (Fsp3) is 0.737. The van der Waals surface area contributed by atoms with Crippen LogP contribution in [0.4, 0.5) is 0 Å². The van der Waals surface area contributed by atoms with Gasteiger partial charge in [-0.2, -0.15) is 0 Å². The van der Waals surface area contributed by atoms with E-state index >= 15 is 0 Å². The molecule has 2 aliphatic heterocycles. The summed E-state index contributed by atoms with van der Waals surface area (Å²) < 4.78 is 10.6. The fourth-order valence-corrected chi connectivity index (χ4v) is 4.37. The van der Waals surface area contributed by atoms with E-state index in [4.69, 9.17) is 19.7 Å². The minimum atomic E-state index is -1.19.